The summed E-state index contributed by atoms with van der Waals surface area (Å²) in [6.07, 6.45) is 1.68. The molecule has 0 radical (unpaired) electrons. The van der Waals surface area contributed by atoms with Crippen molar-refractivity contribution in [2.45, 2.75) is 18.9 Å². The number of hydrogen-bond acceptors (Lipinski definition) is 3. The summed E-state index contributed by atoms with van der Waals surface area (Å²) in [5, 5.41) is 13.1. The minimum Gasteiger partial charge on any atom is -0.467 e. The standard InChI is InChI=1S/C15H16ClNO3/c16-12-6-3-11(4-7-12)5-8-15(19)17-10-13(18)14-2-1-9-20-14/h1-4,6-7,9,13,18H,5,8,10H2,(H,17,19). The molecule has 106 valence electrons. The quantitative estimate of drug-likeness (QED) is 0.861. The monoisotopic (exact) mass is 293 g/mol. The second-order valence-corrected chi connectivity index (χ2v) is 4.90. The zero-order valence-electron chi connectivity index (χ0n) is 10.9. The molecule has 4 nitrogen and oxygen atoms in total. The molecule has 0 aliphatic carbocycles. The third-order valence-corrected chi connectivity index (χ3v) is 3.17. The van der Waals surface area contributed by atoms with Gasteiger partial charge in [-0.2, -0.15) is 0 Å². The lowest BCUT2D eigenvalue weighted by molar-refractivity contribution is -0.121. The first kappa shape index (κ1) is 14.6. The van der Waals surface area contributed by atoms with Crippen LogP contribution in [0.5, 0.6) is 0 Å². The van der Waals surface area contributed by atoms with E-state index in [1.807, 2.05) is 12.1 Å². The molecule has 2 N–H and O–H groups in total. The second-order valence-electron chi connectivity index (χ2n) is 4.46. The lowest BCUT2D eigenvalue weighted by Crippen LogP contribution is -2.28. The van der Waals surface area contributed by atoms with Gasteiger partial charge in [0.2, 0.25) is 5.91 Å². The molecule has 2 rings (SSSR count). The van der Waals surface area contributed by atoms with E-state index in [1.54, 1.807) is 24.3 Å². The number of aliphatic hydroxyl groups excluding tert-OH is 1. The summed E-state index contributed by atoms with van der Waals surface area (Å²) in [6, 6.07) is 10.8. The van der Waals surface area contributed by atoms with Gasteiger partial charge in [-0.1, -0.05) is 23.7 Å². The van der Waals surface area contributed by atoms with Crippen molar-refractivity contribution in [3.05, 3.63) is 59.0 Å². The Morgan fingerprint density at radius 1 is 1.30 bits per heavy atom. The first-order valence-electron chi connectivity index (χ1n) is 6.38. The molecule has 2 aromatic rings. The molecule has 1 atom stereocenters. The van der Waals surface area contributed by atoms with E-state index in [4.69, 9.17) is 16.0 Å². The number of halogens is 1. The molecule has 0 saturated carbocycles. The number of hydrogen-bond donors (Lipinski definition) is 2. The van der Waals surface area contributed by atoms with Crippen LogP contribution in [0.2, 0.25) is 5.02 Å². The number of nitrogens with one attached hydrogen (secondary N) is 1. The molecule has 1 aromatic heterocycles. The first-order valence-corrected chi connectivity index (χ1v) is 6.75. The molecule has 0 aliphatic heterocycles. The van der Waals surface area contributed by atoms with E-state index in [0.29, 0.717) is 23.6 Å². The van der Waals surface area contributed by atoms with E-state index in [-0.39, 0.29) is 12.5 Å². The van der Waals surface area contributed by atoms with Gasteiger partial charge in [-0.05, 0) is 36.2 Å². The predicted octanol–water partition coefficient (Wildman–Crippen LogP) is 2.72. The predicted molar refractivity (Wildman–Crippen MR) is 76.5 cm³/mol. The zero-order chi connectivity index (χ0) is 14.4. The van der Waals surface area contributed by atoms with E-state index in [1.165, 1.54) is 6.26 Å². The van der Waals surface area contributed by atoms with E-state index < -0.39 is 6.10 Å². The van der Waals surface area contributed by atoms with Crippen LogP contribution in [-0.4, -0.2) is 17.6 Å². The molecule has 0 fully saturated rings. The Hall–Kier alpha value is -1.78. The lowest BCUT2D eigenvalue weighted by atomic mass is 10.1. The SMILES string of the molecule is O=C(CCc1ccc(Cl)cc1)NCC(O)c1ccco1. The van der Waals surface area contributed by atoms with Crippen molar-refractivity contribution in [1.82, 2.24) is 5.32 Å². The van der Waals surface area contributed by atoms with Crippen molar-refractivity contribution >= 4 is 17.5 Å². The largest absolute Gasteiger partial charge is 0.467 e. The van der Waals surface area contributed by atoms with Crippen molar-refractivity contribution in [2.24, 2.45) is 0 Å². The molecule has 0 saturated heterocycles. The molecule has 1 unspecified atom stereocenters. The molecular formula is C15H16ClNO3. The molecule has 5 heteroatoms. The maximum atomic E-state index is 11.7. The number of amides is 1. The summed E-state index contributed by atoms with van der Waals surface area (Å²) in [6.45, 7) is 0.146. The Kier molecular flexibility index (Phi) is 5.21. The molecule has 0 bridgehead atoms. The van der Waals surface area contributed by atoms with Crippen molar-refractivity contribution < 1.29 is 14.3 Å². The van der Waals surface area contributed by atoms with Crippen LogP contribution in [0.4, 0.5) is 0 Å². The average molecular weight is 294 g/mol. The molecule has 0 aliphatic rings. The summed E-state index contributed by atoms with van der Waals surface area (Å²) in [4.78, 5) is 11.7. The summed E-state index contributed by atoms with van der Waals surface area (Å²) in [5.74, 6) is 0.341. The van der Waals surface area contributed by atoms with Gasteiger partial charge in [-0.15, -0.1) is 0 Å². The van der Waals surface area contributed by atoms with Crippen molar-refractivity contribution in [1.29, 1.82) is 0 Å². The van der Waals surface area contributed by atoms with Crippen LogP contribution in [0.25, 0.3) is 0 Å². The van der Waals surface area contributed by atoms with Gasteiger partial charge in [0.1, 0.15) is 11.9 Å². The molecule has 1 aromatic carbocycles. The number of aryl methyl sites for hydroxylation is 1. The second kappa shape index (κ2) is 7.12. The van der Waals surface area contributed by atoms with Crippen molar-refractivity contribution in [2.75, 3.05) is 6.54 Å². The third-order valence-electron chi connectivity index (χ3n) is 2.92. The van der Waals surface area contributed by atoms with Gasteiger partial charge in [0.15, 0.2) is 0 Å². The molecular weight excluding hydrogens is 278 g/mol. The van der Waals surface area contributed by atoms with Crippen LogP contribution in [0.15, 0.2) is 47.1 Å². The van der Waals surface area contributed by atoms with E-state index in [0.717, 1.165) is 5.56 Å². The van der Waals surface area contributed by atoms with Crippen LogP contribution < -0.4 is 5.32 Å². The highest BCUT2D eigenvalue weighted by atomic mass is 35.5. The highest BCUT2D eigenvalue weighted by Gasteiger charge is 2.11. The maximum Gasteiger partial charge on any atom is 0.220 e. The van der Waals surface area contributed by atoms with E-state index >= 15 is 0 Å². The smallest absolute Gasteiger partial charge is 0.220 e. The average Bonchev–Trinajstić information content (AvgIpc) is 2.98. The van der Waals surface area contributed by atoms with Crippen LogP contribution in [0, 0.1) is 0 Å². The van der Waals surface area contributed by atoms with Gasteiger partial charge in [-0.25, -0.2) is 0 Å². The van der Waals surface area contributed by atoms with Gasteiger partial charge in [0.05, 0.1) is 12.8 Å². The van der Waals surface area contributed by atoms with Crippen LogP contribution in [-0.2, 0) is 11.2 Å². The topological polar surface area (TPSA) is 62.5 Å². The number of carbonyl (C=O) groups is 1. The Balaban J connectivity index is 1.71. The van der Waals surface area contributed by atoms with E-state index in [9.17, 15) is 9.90 Å². The van der Waals surface area contributed by atoms with Gasteiger partial charge in [0.25, 0.3) is 0 Å². The van der Waals surface area contributed by atoms with Crippen LogP contribution in [0.1, 0.15) is 23.8 Å². The normalized spacial score (nSPS) is 12.1. The van der Waals surface area contributed by atoms with Gasteiger partial charge in [-0.3, -0.25) is 4.79 Å². The summed E-state index contributed by atoms with van der Waals surface area (Å²) in [5.41, 5.74) is 1.05. The van der Waals surface area contributed by atoms with Gasteiger partial charge in [0, 0.05) is 11.4 Å². The summed E-state index contributed by atoms with van der Waals surface area (Å²) < 4.78 is 5.05. The molecule has 0 spiro atoms. The van der Waals surface area contributed by atoms with Gasteiger partial charge < -0.3 is 14.8 Å². The number of furan rings is 1. The highest BCUT2D eigenvalue weighted by molar-refractivity contribution is 6.30. The zero-order valence-corrected chi connectivity index (χ0v) is 11.6. The van der Waals surface area contributed by atoms with Crippen molar-refractivity contribution in [3.8, 4) is 0 Å². The fourth-order valence-electron chi connectivity index (χ4n) is 1.79. The van der Waals surface area contributed by atoms with Gasteiger partial charge >= 0.3 is 0 Å². The van der Waals surface area contributed by atoms with Crippen LogP contribution in [0.3, 0.4) is 0 Å². The number of aliphatic hydroxyl groups is 1. The Bertz CT molecular complexity index is 537. The molecule has 1 amide bonds. The number of rotatable bonds is 6. The number of carbonyl (C=O) groups excluding carboxylic acids is 1. The highest BCUT2D eigenvalue weighted by Crippen LogP contribution is 2.12. The van der Waals surface area contributed by atoms with Crippen molar-refractivity contribution in [3.63, 3.8) is 0 Å². The summed E-state index contributed by atoms with van der Waals surface area (Å²) in [7, 11) is 0. The lowest BCUT2D eigenvalue weighted by Gasteiger charge is -2.09. The number of benzene rings is 1. The molecule has 1 heterocycles. The minimum atomic E-state index is -0.815. The fourth-order valence-corrected chi connectivity index (χ4v) is 1.92. The Morgan fingerprint density at radius 2 is 2.05 bits per heavy atom. The summed E-state index contributed by atoms with van der Waals surface area (Å²) >= 11 is 5.79. The third kappa shape index (κ3) is 4.40. The molecule has 20 heavy (non-hydrogen) atoms. The first-order chi connectivity index (χ1) is 9.65. The van der Waals surface area contributed by atoms with Crippen LogP contribution >= 0.6 is 11.6 Å². The van der Waals surface area contributed by atoms with E-state index in [2.05, 4.69) is 5.32 Å². The maximum absolute atomic E-state index is 11.7. The minimum absolute atomic E-state index is 0.106. The Labute approximate surface area is 122 Å². The Morgan fingerprint density at radius 3 is 2.70 bits per heavy atom. The fraction of sp³-hybridized carbons (Fsp3) is 0.267.